The summed E-state index contributed by atoms with van der Waals surface area (Å²) >= 11 is 0. The number of hydrogen-bond acceptors (Lipinski definition) is 3. The molecule has 2 aliphatic heterocycles. The number of amides is 1. The lowest BCUT2D eigenvalue weighted by Gasteiger charge is -2.33. The molecule has 0 saturated heterocycles. The third-order valence-electron chi connectivity index (χ3n) is 4.29. The molecule has 4 heteroatoms. The molecule has 0 unspecified atom stereocenters. The van der Waals surface area contributed by atoms with Gasteiger partial charge in [0.25, 0.3) is 5.91 Å². The predicted molar refractivity (Wildman–Crippen MR) is 77.1 cm³/mol. The van der Waals surface area contributed by atoms with E-state index in [0.717, 1.165) is 16.8 Å². The third kappa shape index (κ3) is 1.44. The number of esters is 1. The SMILES string of the molecule is CN1C(=O)[C@]2(Cc3ccccc3C(=O)O2)c2ccccc21. The van der Waals surface area contributed by atoms with Gasteiger partial charge in [-0.05, 0) is 17.7 Å². The van der Waals surface area contributed by atoms with Crippen LogP contribution in [0.5, 0.6) is 0 Å². The first-order valence-electron chi connectivity index (χ1n) is 6.82. The molecule has 4 rings (SSSR count). The van der Waals surface area contributed by atoms with Gasteiger partial charge in [0.2, 0.25) is 5.60 Å². The fourth-order valence-corrected chi connectivity index (χ4v) is 3.26. The van der Waals surface area contributed by atoms with Crippen LogP contribution in [-0.2, 0) is 21.6 Å². The second-order valence-corrected chi connectivity index (χ2v) is 5.43. The normalized spacial score (nSPS) is 23.0. The summed E-state index contributed by atoms with van der Waals surface area (Å²) in [6.07, 6.45) is 0.384. The molecule has 2 heterocycles. The zero-order valence-corrected chi connectivity index (χ0v) is 11.5. The van der Waals surface area contributed by atoms with Gasteiger partial charge in [0.05, 0.1) is 11.3 Å². The lowest BCUT2D eigenvalue weighted by atomic mass is 9.84. The average molecular weight is 279 g/mol. The molecule has 4 nitrogen and oxygen atoms in total. The molecule has 1 amide bonds. The van der Waals surface area contributed by atoms with Crippen molar-refractivity contribution in [3.05, 3.63) is 65.2 Å². The van der Waals surface area contributed by atoms with E-state index in [2.05, 4.69) is 0 Å². The van der Waals surface area contributed by atoms with Crippen LogP contribution in [0.3, 0.4) is 0 Å². The minimum atomic E-state index is -1.21. The fourth-order valence-electron chi connectivity index (χ4n) is 3.26. The van der Waals surface area contributed by atoms with Gasteiger partial charge in [0.15, 0.2) is 0 Å². The van der Waals surface area contributed by atoms with E-state index in [1.807, 2.05) is 36.4 Å². The number of benzene rings is 2. The molecule has 2 aromatic carbocycles. The van der Waals surface area contributed by atoms with E-state index < -0.39 is 11.6 Å². The average Bonchev–Trinajstić information content (AvgIpc) is 2.71. The van der Waals surface area contributed by atoms with Crippen molar-refractivity contribution in [1.82, 2.24) is 0 Å². The topological polar surface area (TPSA) is 46.6 Å². The van der Waals surface area contributed by atoms with E-state index in [1.54, 1.807) is 24.1 Å². The van der Waals surface area contributed by atoms with Gasteiger partial charge in [0, 0.05) is 19.0 Å². The van der Waals surface area contributed by atoms with Gasteiger partial charge < -0.3 is 9.64 Å². The highest BCUT2D eigenvalue weighted by atomic mass is 16.6. The molecule has 2 aliphatic rings. The van der Waals surface area contributed by atoms with Gasteiger partial charge in [0.1, 0.15) is 0 Å². The highest BCUT2D eigenvalue weighted by Gasteiger charge is 2.55. The second kappa shape index (κ2) is 3.95. The van der Waals surface area contributed by atoms with Gasteiger partial charge in [-0.25, -0.2) is 4.79 Å². The molecule has 0 fully saturated rings. The monoisotopic (exact) mass is 279 g/mol. The molecule has 0 N–H and O–H groups in total. The Balaban J connectivity index is 1.94. The summed E-state index contributed by atoms with van der Waals surface area (Å²) in [6.45, 7) is 0. The molecule has 0 saturated carbocycles. The van der Waals surface area contributed by atoms with Crippen molar-refractivity contribution < 1.29 is 14.3 Å². The molecule has 2 aromatic rings. The Morgan fingerprint density at radius 2 is 1.76 bits per heavy atom. The maximum Gasteiger partial charge on any atom is 0.339 e. The summed E-state index contributed by atoms with van der Waals surface area (Å²) in [7, 11) is 1.71. The number of ether oxygens (including phenoxy) is 1. The Labute approximate surface area is 121 Å². The van der Waals surface area contributed by atoms with Crippen molar-refractivity contribution in [1.29, 1.82) is 0 Å². The van der Waals surface area contributed by atoms with Crippen molar-refractivity contribution in [2.75, 3.05) is 11.9 Å². The van der Waals surface area contributed by atoms with Gasteiger partial charge >= 0.3 is 5.97 Å². The summed E-state index contributed by atoms with van der Waals surface area (Å²) in [5.41, 5.74) is 1.75. The smallest absolute Gasteiger partial charge is 0.339 e. The molecular formula is C17H13NO3. The van der Waals surface area contributed by atoms with Crippen LogP contribution in [0, 0.1) is 0 Å². The van der Waals surface area contributed by atoms with Gasteiger partial charge in [-0.2, -0.15) is 0 Å². The molecule has 1 atom stereocenters. The Bertz CT molecular complexity index is 783. The number of hydrogen-bond donors (Lipinski definition) is 0. The summed E-state index contributed by atoms with van der Waals surface area (Å²) in [6, 6.07) is 14.8. The summed E-state index contributed by atoms with van der Waals surface area (Å²) in [5, 5.41) is 0. The van der Waals surface area contributed by atoms with Crippen molar-refractivity contribution in [2.45, 2.75) is 12.0 Å². The number of rotatable bonds is 0. The van der Waals surface area contributed by atoms with E-state index in [9.17, 15) is 9.59 Å². The Hall–Kier alpha value is -2.62. The van der Waals surface area contributed by atoms with Crippen LogP contribution >= 0.6 is 0 Å². The third-order valence-corrected chi connectivity index (χ3v) is 4.29. The van der Waals surface area contributed by atoms with Crippen LogP contribution < -0.4 is 4.90 Å². The Morgan fingerprint density at radius 1 is 1.05 bits per heavy atom. The van der Waals surface area contributed by atoms with Crippen molar-refractivity contribution in [3.8, 4) is 0 Å². The Kier molecular flexibility index (Phi) is 2.28. The van der Waals surface area contributed by atoms with Crippen molar-refractivity contribution in [2.24, 2.45) is 0 Å². The van der Waals surface area contributed by atoms with Crippen LogP contribution in [0.25, 0.3) is 0 Å². The van der Waals surface area contributed by atoms with Crippen molar-refractivity contribution >= 4 is 17.6 Å². The van der Waals surface area contributed by atoms with Crippen LogP contribution in [-0.4, -0.2) is 18.9 Å². The summed E-state index contributed by atoms with van der Waals surface area (Å²) < 4.78 is 5.64. The van der Waals surface area contributed by atoms with Crippen molar-refractivity contribution in [3.63, 3.8) is 0 Å². The maximum atomic E-state index is 12.7. The predicted octanol–water partition coefficient (Wildman–Crippen LogP) is 2.27. The van der Waals surface area contributed by atoms with E-state index >= 15 is 0 Å². The molecule has 104 valence electrons. The quantitative estimate of drug-likeness (QED) is 0.695. The summed E-state index contributed by atoms with van der Waals surface area (Å²) in [4.78, 5) is 26.6. The lowest BCUT2D eigenvalue weighted by Crippen LogP contribution is -2.46. The Morgan fingerprint density at radius 3 is 2.62 bits per heavy atom. The highest BCUT2D eigenvalue weighted by Crippen LogP contribution is 2.46. The van der Waals surface area contributed by atoms with Gasteiger partial charge in [-0.1, -0.05) is 36.4 Å². The van der Waals surface area contributed by atoms with Crippen LogP contribution in [0.15, 0.2) is 48.5 Å². The van der Waals surface area contributed by atoms with E-state index in [0.29, 0.717) is 12.0 Å². The molecule has 1 spiro atoms. The molecule has 0 radical (unpaired) electrons. The fraction of sp³-hybridized carbons (Fsp3) is 0.176. The molecular weight excluding hydrogens is 266 g/mol. The zero-order chi connectivity index (χ0) is 14.6. The second-order valence-electron chi connectivity index (χ2n) is 5.43. The highest BCUT2D eigenvalue weighted by molar-refractivity contribution is 6.09. The van der Waals surface area contributed by atoms with E-state index in [1.165, 1.54) is 0 Å². The maximum absolute atomic E-state index is 12.7. The number of carbonyl (C=O) groups excluding carboxylic acids is 2. The number of fused-ring (bicyclic) bond motifs is 3. The standard InChI is InChI=1S/C17H13NO3/c1-18-14-9-5-4-8-13(14)17(16(18)20)10-11-6-2-3-7-12(11)15(19)21-17/h2-9H,10H2,1H3/t17-/m0/s1. The van der Waals surface area contributed by atoms with Gasteiger partial charge in [-0.3, -0.25) is 4.79 Å². The number of carbonyl (C=O) groups is 2. The molecule has 0 bridgehead atoms. The minimum Gasteiger partial charge on any atom is -0.440 e. The van der Waals surface area contributed by atoms with E-state index in [-0.39, 0.29) is 5.91 Å². The largest absolute Gasteiger partial charge is 0.440 e. The number of para-hydroxylation sites is 1. The van der Waals surface area contributed by atoms with Crippen LogP contribution in [0.2, 0.25) is 0 Å². The first-order valence-corrected chi connectivity index (χ1v) is 6.82. The number of likely N-dealkylation sites (N-methyl/N-ethyl adjacent to an activating group) is 1. The zero-order valence-electron chi connectivity index (χ0n) is 11.5. The number of nitrogens with zero attached hydrogens (tertiary/aromatic N) is 1. The molecule has 0 aliphatic carbocycles. The van der Waals surface area contributed by atoms with Gasteiger partial charge in [-0.15, -0.1) is 0 Å². The van der Waals surface area contributed by atoms with Crippen LogP contribution in [0.1, 0.15) is 21.5 Å². The number of anilines is 1. The molecule has 21 heavy (non-hydrogen) atoms. The van der Waals surface area contributed by atoms with Crippen LogP contribution in [0.4, 0.5) is 5.69 Å². The first kappa shape index (κ1) is 12.1. The lowest BCUT2D eigenvalue weighted by molar-refractivity contribution is -0.137. The molecule has 0 aromatic heterocycles. The van der Waals surface area contributed by atoms with E-state index in [4.69, 9.17) is 4.74 Å². The first-order chi connectivity index (χ1) is 10.1. The minimum absolute atomic E-state index is 0.188. The summed E-state index contributed by atoms with van der Waals surface area (Å²) in [5.74, 6) is -0.623.